The Bertz CT molecular complexity index is 515. The summed E-state index contributed by atoms with van der Waals surface area (Å²) in [6, 6.07) is 0. The number of hydrogen-bond acceptors (Lipinski definition) is 3. The fourth-order valence-electron chi connectivity index (χ4n) is 2.31. The lowest BCUT2D eigenvalue weighted by molar-refractivity contribution is -0.180. The molecule has 0 bridgehead atoms. The van der Waals surface area contributed by atoms with Gasteiger partial charge in [-0.15, -0.1) is 0 Å². The Morgan fingerprint density at radius 3 is 2.35 bits per heavy atom. The number of carbonyl (C=O) groups excluding carboxylic acids is 2. The molecule has 1 aliphatic heterocycles. The van der Waals surface area contributed by atoms with E-state index in [9.17, 15) is 22.8 Å². The summed E-state index contributed by atoms with van der Waals surface area (Å²) < 4.78 is 44.5. The van der Waals surface area contributed by atoms with E-state index in [2.05, 4.69) is 17.2 Å². The van der Waals surface area contributed by atoms with Crippen molar-refractivity contribution < 1.29 is 27.5 Å². The standard InChI is InChI=1S/C15H21F3N2O3/c1-5-6-12(21)19-7-10-8-20(9-11(10)15(16,17)18)13(22)23-14(2,3)4/h10-11H,7-9H2,1-4H3,(H,19,21)/t10-,11-/m1/s1. The molecule has 2 atom stereocenters. The van der Waals surface area contributed by atoms with Gasteiger partial charge >= 0.3 is 12.3 Å². The summed E-state index contributed by atoms with van der Waals surface area (Å²) in [6.45, 7) is 5.59. The molecule has 0 radical (unpaired) electrons. The van der Waals surface area contributed by atoms with Gasteiger partial charge in [-0.1, -0.05) is 5.92 Å². The second-order valence-electron chi connectivity index (χ2n) is 6.38. The zero-order valence-electron chi connectivity index (χ0n) is 13.6. The smallest absolute Gasteiger partial charge is 0.410 e. The minimum absolute atomic E-state index is 0.126. The summed E-state index contributed by atoms with van der Waals surface area (Å²) in [5.74, 6) is 1.31. The molecule has 1 aliphatic rings. The van der Waals surface area contributed by atoms with Gasteiger partial charge in [-0.2, -0.15) is 13.2 Å². The van der Waals surface area contributed by atoms with E-state index in [0.29, 0.717) is 0 Å². The third kappa shape index (κ3) is 6.00. The Balaban J connectivity index is 2.76. The van der Waals surface area contributed by atoms with Gasteiger partial charge in [0.2, 0.25) is 0 Å². The van der Waals surface area contributed by atoms with E-state index in [1.165, 1.54) is 6.92 Å². The lowest BCUT2D eigenvalue weighted by atomic mass is 9.95. The second-order valence-corrected chi connectivity index (χ2v) is 6.38. The molecular weight excluding hydrogens is 313 g/mol. The molecule has 5 nitrogen and oxygen atoms in total. The number of likely N-dealkylation sites (tertiary alicyclic amines) is 1. The van der Waals surface area contributed by atoms with Crippen molar-refractivity contribution in [3.05, 3.63) is 0 Å². The van der Waals surface area contributed by atoms with Crippen molar-refractivity contribution in [1.29, 1.82) is 0 Å². The minimum Gasteiger partial charge on any atom is -0.444 e. The Morgan fingerprint density at radius 2 is 1.87 bits per heavy atom. The van der Waals surface area contributed by atoms with Crippen molar-refractivity contribution >= 4 is 12.0 Å². The van der Waals surface area contributed by atoms with Crippen LogP contribution in [0.2, 0.25) is 0 Å². The van der Waals surface area contributed by atoms with Gasteiger partial charge in [0, 0.05) is 25.6 Å². The summed E-state index contributed by atoms with van der Waals surface area (Å²) in [7, 11) is 0. The zero-order valence-corrected chi connectivity index (χ0v) is 13.6. The molecule has 1 rings (SSSR count). The van der Waals surface area contributed by atoms with Crippen LogP contribution in [0.4, 0.5) is 18.0 Å². The van der Waals surface area contributed by atoms with Gasteiger partial charge in [0.05, 0.1) is 5.92 Å². The maximum Gasteiger partial charge on any atom is 0.410 e. The van der Waals surface area contributed by atoms with E-state index in [1.807, 2.05) is 0 Å². The Kier molecular flexibility index (Phi) is 5.92. The van der Waals surface area contributed by atoms with Crippen LogP contribution in [0.1, 0.15) is 27.7 Å². The largest absolute Gasteiger partial charge is 0.444 e. The van der Waals surface area contributed by atoms with Gasteiger partial charge in [-0.05, 0) is 33.6 Å². The molecule has 0 aromatic rings. The molecule has 130 valence electrons. The number of rotatable bonds is 2. The van der Waals surface area contributed by atoms with Crippen LogP contribution in [0.15, 0.2) is 0 Å². The first kappa shape index (κ1) is 19.1. The molecule has 1 saturated heterocycles. The normalized spacial score (nSPS) is 21.4. The fraction of sp³-hybridized carbons (Fsp3) is 0.733. The number of nitrogens with one attached hydrogen (secondary N) is 1. The predicted molar refractivity (Wildman–Crippen MR) is 77.3 cm³/mol. The summed E-state index contributed by atoms with van der Waals surface area (Å²) >= 11 is 0. The van der Waals surface area contributed by atoms with Crippen LogP contribution in [0.25, 0.3) is 0 Å². The van der Waals surface area contributed by atoms with E-state index < -0.39 is 42.2 Å². The Morgan fingerprint density at radius 1 is 1.26 bits per heavy atom. The molecule has 0 aromatic heterocycles. The zero-order chi connectivity index (χ0) is 17.8. The number of carbonyl (C=O) groups is 2. The monoisotopic (exact) mass is 334 g/mol. The molecular formula is C15H21F3N2O3. The third-order valence-corrected chi connectivity index (χ3v) is 3.28. The molecule has 0 aliphatic carbocycles. The van der Waals surface area contributed by atoms with Crippen LogP contribution in [-0.4, -0.2) is 48.3 Å². The first-order chi connectivity index (χ1) is 10.4. The Labute approximate surface area is 133 Å². The molecule has 1 heterocycles. The molecule has 0 unspecified atom stereocenters. The SMILES string of the molecule is CC#CC(=O)NC[C@@H]1CN(C(=O)OC(C)(C)C)C[C@H]1C(F)(F)F. The molecule has 2 amide bonds. The van der Waals surface area contributed by atoms with E-state index in [1.54, 1.807) is 20.8 Å². The number of alkyl halides is 3. The molecule has 0 saturated carbocycles. The molecule has 0 aromatic carbocycles. The summed E-state index contributed by atoms with van der Waals surface area (Å²) in [6.07, 6.45) is -5.24. The summed E-state index contributed by atoms with van der Waals surface area (Å²) in [5, 5.41) is 2.34. The van der Waals surface area contributed by atoms with Crippen LogP contribution >= 0.6 is 0 Å². The van der Waals surface area contributed by atoms with Crippen LogP contribution in [0, 0.1) is 23.7 Å². The highest BCUT2D eigenvalue weighted by molar-refractivity contribution is 5.93. The fourth-order valence-corrected chi connectivity index (χ4v) is 2.31. The van der Waals surface area contributed by atoms with Crippen molar-refractivity contribution in [1.82, 2.24) is 10.2 Å². The molecule has 0 spiro atoms. The average Bonchev–Trinajstić information content (AvgIpc) is 2.78. The van der Waals surface area contributed by atoms with E-state index in [4.69, 9.17) is 4.74 Å². The molecule has 8 heteroatoms. The van der Waals surface area contributed by atoms with Crippen LogP contribution < -0.4 is 5.32 Å². The third-order valence-electron chi connectivity index (χ3n) is 3.28. The lowest BCUT2D eigenvalue weighted by Gasteiger charge is -2.24. The topological polar surface area (TPSA) is 58.6 Å². The number of amides is 2. The number of nitrogens with zero attached hydrogens (tertiary/aromatic N) is 1. The van der Waals surface area contributed by atoms with Crippen molar-refractivity contribution in [2.75, 3.05) is 19.6 Å². The van der Waals surface area contributed by atoms with Gasteiger partial charge in [0.15, 0.2) is 0 Å². The molecule has 1 N–H and O–H groups in total. The maximum absolute atomic E-state index is 13.1. The van der Waals surface area contributed by atoms with Gasteiger partial charge in [0.1, 0.15) is 5.60 Å². The van der Waals surface area contributed by atoms with Crippen molar-refractivity contribution in [3.8, 4) is 11.8 Å². The van der Waals surface area contributed by atoms with E-state index in [-0.39, 0.29) is 13.1 Å². The predicted octanol–water partition coefficient (Wildman–Crippen LogP) is 2.17. The average molecular weight is 334 g/mol. The molecule has 1 fully saturated rings. The highest BCUT2D eigenvalue weighted by atomic mass is 19.4. The van der Waals surface area contributed by atoms with Crippen molar-refractivity contribution in [3.63, 3.8) is 0 Å². The number of hydrogen-bond donors (Lipinski definition) is 1. The quantitative estimate of drug-likeness (QED) is 0.788. The summed E-state index contributed by atoms with van der Waals surface area (Å²) in [5.41, 5.74) is -0.784. The van der Waals surface area contributed by atoms with E-state index >= 15 is 0 Å². The highest BCUT2D eigenvalue weighted by Gasteiger charge is 2.51. The van der Waals surface area contributed by atoms with Crippen molar-refractivity contribution in [2.24, 2.45) is 11.8 Å². The van der Waals surface area contributed by atoms with Gasteiger partial charge < -0.3 is 15.0 Å². The summed E-state index contributed by atoms with van der Waals surface area (Å²) in [4.78, 5) is 24.3. The van der Waals surface area contributed by atoms with Gasteiger partial charge in [-0.25, -0.2) is 4.79 Å². The van der Waals surface area contributed by atoms with E-state index in [0.717, 1.165) is 4.90 Å². The number of ether oxygens (including phenoxy) is 1. The minimum atomic E-state index is -4.46. The molecule has 23 heavy (non-hydrogen) atoms. The van der Waals surface area contributed by atoms with Gasteiger partial charge in [0.25, 0.3) is 5.91 Å². The van der Waals surface area contributed by atoms with Crippen LogP contribution in [0.5, 0.6) is 0 Å². The van der Waals surface area contributed by atoms with Crippen molar-refractivity contribution in [2.45, 2.75) is 39.5 Å². The first-order valence-electron chi connectivity index (χ1n) is 7.19. The highest BCUT2D eigenvalue weighted by Crippen LogP contribution is 2.37. The van der Waals surface area contributed by atoms with Gasteiger partial charge in [-0.3, -0.25) is 4.79 Å². The van der Waals surface area contributed by atoms with Crippen LogP contribution in [-0.2, 0) is 9.53 Å². The Hall–Kier alpha value is -1.91. The maximum atomic E-state index is 13.1. The second kappa shape index (κ2) is 7.11. The van der Waals surface area contributed by atoms with Crippen LogP contribution in [0.3, 0.4) is 0 Å². The number of halogens is 3. The lowest BCUT2D eigenvalue weighted by Crippen LogP contribution is -2.37. The first-order valence-corrected chi connectivity index (χ1v) is 7.19.